The number of nitrogens with zero attached hydrogens (tertiary/aromatic N) is 4. The molecular formula is C21H27F3N4O2. The van der Waals surface area contributed by atoms with Gasteiger partial charge < -0.3 is 9.64 Å². The first-order valence-corrected chi connectivity index (χ1v) is 10.6. The number of halogens is 3. The van der Waals surface area contributed by atoms with Gasteiger partial charge in [-0.15, -0.1) is 0 Å². The average Bonchev–Trinajstić information content (AvgIpc) is 3.43. The lowest BCUT2D eigenvalue weighted by molar-refractivity contribution is -0.142. The first-order chi connectivity index (χ1) is 14.2. The van der Waals surface area contributed by atoms with Gasteiger partial charge in [-0.3, -0.25) is 4.79 Å². The highest BCUT2D eigenvalue weighted by molar-refractivity contribution is 5.77. The summed E-state index contributed by atoms with van der Waals surface area (Å²) in [5.74, 6) is -0.131. The lowest BCUT2D eigenvalue weighted by atomic mass is 10.1. The molecule has 30 heavy (non-hydrogen) atoms. The van der Waals surface area contributed by atoms with E-state index in [-0.39, 0.29) is 29.6 Å². The van der Waals surface area contributed by atoms with E-state index in [4.69, 9.17) is 4.74 Å². The van der Waals surface area contributed by atoms with Crippen molar-refractivity contribution in [3.63, 3.8) is 0 Å². The Balaban J connectivity index is 1.60. The number of likely N-dealkylation sites (tertiary alicyclic amines) is 1. The highest BCUT2D eigenvalue weighted by atomic mass is 19.4. The standard InChI is InChI=1S/C21H27F3N4O2/c1-13(2)15-11-18(21(22,23)24)28-19(25-15)12-16(26-28)17-6-3-9-27(17)20(29)8-7-14-5-4-10-30-14/h11-14,17H,3-10H2,1-2H3/t14-,17-/m1/s1. The first kappa shape index (κ1) is 21.1. The Morgan fingerprint density at radius 2 is 2.07 bits per heavy atom. The van der Waals surface area contributed by atoms with Crippen molar-refractivity contribution < 1.29 is 22.7 Å². The van der Waals surface area contributed by atoms with Crippen molar-refractivity contribution in [3.8, 4) is 0 Å². The van der Waals surface area contributed by atoms with E-state index < -0.39 is 11.9 Å². The monoisotopic (exact) mass is 424 g/mol. The van der Waals surface area contributed by atoms with Crippen molar-refractivity contribution in [2.45, 2.75) is 76.6 Å². The molecule has 2 aliphatic heterocycles. The van der Waals surface area contributed by atoms with E-state index in [0.29, 0.717) is 37.2 Å². The smallest absolute Gasteiger partial charge is 0.378 e. The number of ether oxygens (including phenoxy) is 1. The largest absolute Gasteiger partial charge is 0.433 e. The van der Waals surface area contributed by atoms with Crippen LogP contribution in [0.1, 0.15) is 81.4 Å². The van der Waals surface area contributed by atoms with E-state index in [0.717, 1.165) is 36.5 Å². The van der Waals surface area contributed by atoms with Crippen LogP contribution in [-0.4, -0.2) is 44.7 Å². The van der Waals surface area contributed by atoms with Gasteiger partial charge in [0.05, 0.1) is 17.8 Å². The van der Waals surface area contributed by atoms with Gasteiger partial charge in [-0.05, 0) is 44.1 Å². The lowest BCUT2D eigenvalue weighted by Gasteiger charge is -2.24. The van der Waals surface area contributed by atoms with Crippen LogP contribution in [-0.2, 0) is 15.7 Å². The predicted molar refractivity (Wildman–Crippen MR) is 104 cm³/mol. The summed E-state index contributed by atoms with van der Waals surface area (Å²) in [6.45, 7) is 4.96. The van der Waals surface area contributed by atoms with Crippen LogP contribution in [0.4, 0.5) is 13.2 Å². The van der Waals surface area contributed by atoms with Crippen LogP contribution >= 0.6 is 0 Å². The molecule has 0 aliphatic carbocycles. The maximum atomic E-state index is 13.6. The van der Waals surface area contributed by atoms with Crippen molar-refractivity contribution in [2.24, 2.45) is 0 Å². The van der Waals surface area contributed by atoms with E-state index in [1.54, 1.807) is 11.0 Å². The molecule has 0 aromatic carbocycles. The Hall–Kier alpha value is -2.16. The van der Waals surface area contributed by atoms with E-state index in [2.05, 4.69) is 10.1 Å². The van der Waals surface area contributed by atoms with Gasteiger partial charge >= 0.3 is 6.18 Å². The molecule has 4 rings (SSSR count). The zero-order chi connectivity index (χ0) is 21.5. The molecule has 2 atom stereocenters. The quantitative estimate of drug-likeness (QED) is 0.709. The predicted octanol–water partition coefficient (Wildman–Crippen LogP) is 4.49. The van der Waals surface area contributed by atoms with Crippen molar-refractivity contribution in [1.82, 2.24) is 19.5 Å². The molecule has 0 bridgehead atoms. The zero-order valence-corrected chi connectivity index (χ0v) is 17.3. The number of alkyl halides is 3. The summed E-state index contributed by atoms with van der Waals surface area (Å²) in [4.78, 5) is 18.9. The minimum absolute atomic E-state index is 0.0110. The fraction of sp³-hybridized carbons (Fsp3) is 0.667. The second-order valence-electron chi connectivity index (χ2n) is 8.48. The summed E-state index contributed by atoms with van der Waals surface area (Å²) < 4.78 is 47.4. The van der Waals surface area contributed by atoms with Gasteiger partial charge in [-0.1, -0.05) is 13.8 Å². The number of fused-ring (bicyclic) bond motifs is 1. The van der Waals surface area contributed by atoms with Crippen LogP contribution in [0.25, 0.3) is 5.65 Å². The molecule has 4 heterocycles. The van der Waals surface area contributed by atoms with Crippen LogP contribution in [0.2, 0.25) is 0 Å². The highest BCUT2D eigenvalue weighted by Gasteiger charge is 2.37. The molecule has 0 radical (unpaired) electrons. The average molecular weight is 424 g/mol. The Labute approximate surface area is 173 Å². The minimum Gasteiger partial charge on any atom is -0.378 e. The van der Waals surface area contributed by atoms with Gasteiger partial charge in [-0.2, -0.15) is 18.3 Å². The summed E-state index contributed by atoms with van der Waals surface area (Å²) in [6, 6.07) is 2.35. The third-order valence-corrected chi connectivity index (χ3v) is 5.97. The number of amides is 1. The Morgan fingerprint density at radius 1 is 1.27 bits per heavy atom. The highest BCUT2D eigenvalue weighted by Crippen LogP contribution is 2.35. The van der Waals surface area contributed by atoms with Crippen molar-refractivity contribution in [3.05, 3.63) is 29.2 Å². The normalized spacial score (nSPS) is 22.5. The second kappa shape index (κ2) is 8.17. The maximum absolute atomic E-state index is 13.6. The molecule has 0 N–H and O–H groups in total. The molecular weight excluding hydrogens is 397 g/mol. The van der Waals surface area contributed by atoms with Crippen molar-refractivity contribution >= 4 is 11.6 Å². The molecule has 9 heteroatoms. The molecule has 0 saturated carbocycles. The first-order valence-electron chi connectivity index (χ1n) is 10.6. The number of rotatable bonds is 5. The molecule has 2 fully saturated rings. The number of carbonyl (C=O) groups is 1. The summed E-state index contributed by atoms with van der Waals surface area (Å²) in [5, 5.41) is 4.25. The number of hydrogen-bond donors (Lipinski definition) is 0. The van der Waals surface area contributed by atoms with Crippen LogP contribution in [0, 0.1) is 0 Å². The molecule has 2 aliphatic rings. The molecule has 2 aromatic heterocycles. The van der Waals surface area contributed by atoms with E-state index >= 15 is 0 Å². The fourth-order valence-corrected chi connectivity index (χ4v) is 4.34. The summed E-state index contributed by atoms with van der Waals surface area (Å²) in [6.07, 6.45) is 0.170. The lowest BCUT2D eigenvalue weighted by Crippen LogP contribution is -2.31. The topological polar surface area (TPSA) is 59.7 Å². The molecule has 2 aromatic rings. The van der Waals surface area contributed by atoms with Gasteiger partial charge in [0.1, 0.15) is 5.69 Å². The Morgan fingerprint density at radius 3 is 2.73 bits per heavy atom. The van der Waals surface area contributed by atoms with E-state index in [1.165, 1.54) is 0 Å². The van der Waals surface area contributed by atoms with Gasteiger partial charge in [-0.25, -0.2) is 9.50 Å². The molecule has 0 unspecified atom stereocenters. The number of hydrogen-bond acceptors (Lipinski definition) is 4. The molecule has 1 amide bonds. The summed E-state index contributed by atoms with van der Waals surface area (Å²) in [5.41, 5.74) is 0.174. The van der Waals surface area contributed by atoms with Crippen LogP contribution in [0.5, 0.6) is 0 Å². The number of carbonyl (C=O) groups excluding carboxylic acids is 1. The fourth-order valence-electron chi connectivity index (χ4n) is 4.34. The van der Waals surface area contributed by atoms with Gasteiger partial charge in [0.25, 0.3) is 0 Å². The third kappa shape index (κ3) is 4.17. The Bertz CT molecular complexity index is 919. The van der Waals surface area contributed by atoms with Crippen molar-refractivity contribution in [2.75, 3.05) is 13.2 Å². The Kier molecular flexibility index (Phi) is 5.74. The molecule has 0 spiro atoms. The van der Waals surface area contributed by atoms with Gasteiger partial charge in [0.2, 0.25) is 5.91 Å². The molecule has 164 valence electrons. The molecule has 6 nitrogen and oxygen atoms in total. The zero-order valence-electron chi connectivity index (χ0n) is 17.3. The van der Waals surface area contributed by atoms with Crippen LogP contribution < -0.4 is 0 Å². The van der Waals surface area contributed by atoms with Crippen molar-refractivity contribution in [1.29, 1.82) is 0 Å². The third-order valence-electron chi connectivity index (χ3n) is 5.97. The number of aromatic nitrogens is 3. The van der Waals surface area contributed by atoms with Crippen LogP contribution in [0.3, 0.4) is 0 Å². The second-order valence-corrected chi connectivity index (χ2v) is 8.48. The minimum atomic E-state index is -4.54. The maximum Gasteiger partial charge on any atom is 0.433 e. The SMILES string of the molecule is CC(C)c1cc(C(F)(F)F)n2nc([C@H]3CCCN3C(=O)CC[C@H]3CCCO3)cc2n1. The van der Waals surface area contributed by atoms with Gasteiger partial charge in [0, 0.05) is 31.3 Å². The summed E-state index contributed by atoms with van der Waals surface area (Å²) >= 11 is 0. The van der Waals surface area contributed by atoms with E-state index in [1.807, 2.05) is 13.8 Å². The molecule has 2 saturated heterocycles. The van der Waals surface area contributed by atoms with E-state index in [9.17, 15) is 18.0 Å². The van der Waals surface area contributed by atoms with Gasteiger partial charge in [0.15, 0.2) is 5.65 Å². The van der Waals surface area contributed by atoms with Crippen LogP contribution in [0.15, 0.2) is 12.1 Å². The summed E-state index contributed by atoms with van der Waals surface area (Å²) in [7, 11) is 0.